The Morgan fingerprint density at radius 2 is 0.825 bits per heavy atom. The van der Waals surface area contributed by atoms with Gasteiger partial charge in [0.1, 0.15) is 5.58 Å². The Hall–Kier alpha value is -8.47. The van der Waals surface area contributed by atoms with Crippen LogP contribution >= 0.6 is 0 Å². The number of hydrogen-bond acceptors (Lipinski definition) is 4. The van der Waals surface area contributed by atoms with Crippen LogP contribution < -0.4 is 0 Å². The third-order valence-electron chi connectivity index (χ3n) is 12.7. The molecule has 0 amide bonds. The van der Waals surface area contributed by atoms with Crippen molar-refractivity contribution in [1.82, 2.24) is 15.0 Å². The number of nitrogens with zero attached hydrogens (tertiary/aromatic N) is 3. The monoisotopic (exact) mass is 801 g/mol. The number of hydrogen-bond donors (Lipinski definition) is 0. The number of fused-ring (bicyclic) bond motifs is 12. The molecule has 4 heteroatoms. The van der Waals surface area contributed by atoms with E-state index in [4.69, 9.17) is 19.4 Å². The fraction of sp³-hybridized carbons (Fsp3) is 0. The second kappa shape index (κ2) is 14.1. The van der Waals surface area contributed by atoms with Crippen LogP contribution in [0.4, 0.5) is 0 Å². The number of benzene rings is 10. The average Bonchev–Trinajstić information content (AvgIpc) is 3.75. The van der Waals surface area contributed by atoms with E-state index in [0.717, 1.165) is 88.4 Å². The Balaban J connectivity index is 0.973. The highest BCUT2D eigenvalue weighted by Crippen LogP contribution is 2.42. The van der Waals surface area contributed by atoms with Crippen molar-refractivity contribution in [3.63, 3.8) is 0 Å². The average molecular weight is 802 g/mol. The third kappa shape index (κ3) is 5.66. The fourth-order valence-electron chi connectivity index (χ4n) is 9.79. The van der Waals surface area contributed by atoms with E-state index in [2.05, 4.69) is 182 Å². The molecule has 3 heterocycles. The Bertz CT molecular complexity index is 3950. The van der Waals surface area contributed by atoms with Crippen molar-refractivity contribution in [3.05, 3.63) is 212 Å². The Kier molecular flexibility index (Phi) is 7.87. The highest BCUT2D eigenvalue weighted by molar-refractivity contribution is 6.26. The summed E-state index contributed by atoms with van der Waals surface area (Å²) in [6.07, 6.45) is 0. The first kappa shape index (κ1) is 35.3. The van der Waals surface area contributed by atoms with Crippen molar-refractivity contribution in [2.75, 3.05) is 0 Å². The van der Waals surface area contributed by atoms with Crippen LogP contribution in [0.25, 0.3) is 132 Å². The van der Waals surface area contributed by atoms with Crippen LogP contribution in [0, 0.1) is 0 Å². The van der Waals surface area contributed by atoms with Gasteiger partial charge in [-0.2, -0.15) is 0 Å². The van der Waals surface area contributed by atoms with Gasteiger partial charge < -0.3 is 4.42 Å². The van der Waals surface area contributed by atoms with E-state index in [1.54, 1.807) is 0 Å². The fourth-order valence-corrected chi connectivity index (χ4v) is 9.79. The van der Waals surface area contributed by atoms with Gasteiger partial charge in [-0.1, -0.05) is 188 Å². The molecule has 0 saturated heterocycles. The second-order valence-corrected chi connectivity index (χ2v) is 16.3. The maximum Gasteiger partial charge on any atom is 0.228 e. The van der Waals surface area contributed by atoms with Gasteiger partial charge in [-0.25, -0.2) is 15.0 Å². The van der Waals surface area contributed by atoms with Gasteiger partial charge in [-0.3, -0.25) is 0 Å². The first-order valence-electron chi connectivity index (χ1n) is 21.3. The van der Waals surface area contributed by atoms with Crippen LogP contribution in [0.5, 0.6) is 0 Å². The number of furan rings is 1. The molecular weight excluding hydrogens is 767 g/mol. The molecule has 10 aromatic carbocycles. The molecule has 13 rings (SSSR count). The molecule has 0 N–H and O–H groups in total. The minimum absolute atomic E-state index is 0.648. The van der Waals surface area contributed by atoms with Crippen LogP contribution in [0.2, 0.25) is 0 Å². The van der Waals surface area contributed by atoms with E-state index in [1.807, 2.05) is 30.3 Å². The second-order valence-electron chi connectivity index (χ2n) is 16.3. The van der Waals surface area contributed by atoms with Crippen LogP contribution in [0.15, 0.2) is 217 Å². The van der Waals surface area contributed by atoms with Crippen LogP contribution in [-0.4, -0.2) is 15.0 Å². The van der Waals surface area contributed by atoms with Crippen molar-refractivity contribution in [2.45, 2.75) is 0 Å². The van der Waals surface area contributed by atoms with E-state index in [-0.39, 0.29) is 0 Å². The number of rotatable bonds is 5. The zero-order chi connectivity index (χ0) is 41.4. The molecule has 0 spiro atoms. The van der Waals surface area contributed by atoms with Crippen molar-refractivity contribution in [2.24, 2.45) is 0 Å². The van der Waals surface area contributed by atoms with E-state index >= 15 is 0 Å². The summed E-state index contributed by atoms with van der Waals surface area (Å²) >= 11 is 0. The van der Waals surface area contributed by atoms with Crippen LogP contribution in [-0.2, 0) is 0 Å². The lowest BCUT2D eigenvalue weighted by Gasteiger charge is -2.15. The van der Waals surface area contributed by atoms with Crippen molar-refractivity contribution >= 4 is 75.9 Å². The van der Waals surface area contributed by atoms with Gasteiger partial charge >= 0.3 is 0 Å². The normalized spacial score (nSPS) is 11.8. The molecule has 0 radical (unpaired) electrons. The van der Waals surface area contributed by atoms with Crippen molar-refractivity contribution in [1.29, 1.82) is 0 Å². The predicted octanol–water partition coefficient (Wildman–Crippen LogP) is 15.9. The minimum Gasteiger partial charge on any atom is -0.438 e. The van der Waals surface area contributed by atoms with Gasteiger partial charge in [0.25, 0.3) is 0 Å². The molecule has 0 bridgehead atoms. The molecule has 292 valence electrons. The first-order valence-corrected chi connectivity index (χ1v) is 21.3. The summed E-state index contributed by atoms with van der Waals surface area (Å²) in [7, 11) is 0. The molecule has 0 aliphatic heterocycles. The van der Waals surface area contributed by atoms with Gasteiger partial charge in [-0.05, 0) is 83.9 Å². The zero-order valence-corrected chi connectivity index (χ0v) is 34.0. The summed E-state index contributed by atoms with van der Waals surface area (Å²) < 4.78 is 6.35. The summed E-state index contributed by atoms with van der Waals surface area (Å²) in [6.45, 7) is 0. The summed E-state index contributed by atoms with van der Waals surface area (Å²) in [5.74, 6) is 0.688. The molecule has 0 saturated carbocycles. The summed E-state index contributed by atoms with van der Waals surface area (Å²) in [6, 6.07) is 75.2. The Morgan fingerprint density at radius 1 is 0.286 bits per heavy atom. The maximum atomic E-state index is 6.35. The minimum atomic E-state index is 0.648. The van der Waals surface area contributed by atoms with Crippen LogP contribution in [0.3, 0.4) is 0 Å². The smallest absolute Gasteiger partial charge is 0.228 e. The number of para-hydroxylation sites is 1. The lowest BCUT2D eigenvalue weighted by Crippen LogP contribution is -1.97. The predicted molar refractivity (Wildman–Crippen MR) is 262 cm³/mol. The van der Waals surface area contributed by atoms with Gasteiger partial charge in [0.2, 0.25) is 5.71 Å². The molecule has 63 heavy (non-hydrogen) atoms. The molecule has 0 aliphatic carbocycles. The SMILES string of the molecule is c1ccc(-c2nc(-c3ccc4c5ccccc5c5ccccc5c4c3)cc(-c3ccc(-c4cccc(-c5nc6oc7ccccc7c6c6ccccc56)c4)c4ccccc34)n2)cc1. The van der Waals surface area contributed by atoms with E-state index in [1.165, 1.54) is 32.3 Å². The molecule has 0 fully saturated rings. The summed E-state index contributed by atoms with van der Waals surface area (Å²) in [5, 5.41) is 14.0. The van der Waals surface area contributed by atoms with Crippen molar-refractivity contribution in [3.8, 4) is 56.3 Å². The molecule has 0 aliphatic rings. The maximum absolute atomic E-state index is 6.35. The summed E-state index contributed by atoms with van der Waals surface area (Å²) in [4.78, 5) is 15.8. The summed E-state index contributed by atoms with van der Waals surface area (Å²) in [5.41, 5.74) is 10.5. The quantitative estimate of drug-likeness (QED) is 0.163. The van der Waals surface area contributed by atoms with E-state index in [9.17, 15) is 0 Å². The molecule has 0 unspecified atom stereocenters. The topological polar surface area (TPSA) is 51.8 Å². The molecule has 4 nitrogen and oxygen atoms in total. The largest absolute Gasteiger partial charge is 0.438 e. The van der Waals surface area contributed by atoms with Gasteiger partial charge in [0, 0.05) is 33.0 Å². The lowest BCUT2D eigenvalue weighted by atomic mass is 9.91. The highest BCUT2D eigenvalue weighted by Gasteiger charge is 2.19. The zero-order valence-electron chi connectivity index (χ0n) is 34.0. The van der Waals surface area contributed by atoms with E-state index < -0.39 is 0 Å². The van der Waals surface area contributed by atoms with Crippen molar-refractivity contribution < 1.29 is 4.42 Å². The number of pyridine rings is 1. The highest BCUT2D eigenvalue weighted by atomic mass is 16.3. The van der Waals surface area contributed by atoms with Crippen LogP contribution in [0.1, 0.15) is 0 Å². The molecular formula is C59H35N3O. The number of aromatic nitrogens is 3. The Labute approximate surface area is 362 Å². The lowest BCUT2D eigenvalue weighted by molar-refractivity contribution is 0.655. The van der Waals surface area contributed by atoms with Gasteiger partial charge in [0.15, 0.2) is 5.82 Å². The molecule has 13 aromatic rings. The molecule has 3 aromatic heterocycles. The Morgan fingerprint density at radius 3 is 1.57 bits per heavy atom. The molecule has 0 atom stereocenters. The standard InChI is InChI=1S/C59H35N3O/c1-2-15-36(16-3-1)58-60-53(38-29-30-47-44-22-6-5-20-42(44)43-21-7-9-24-46(43)52(47)34-38)35-54(61-58)48-32-31-40(41-19-4-8-23-45(41)48)37-17-14-18-39(33-37)57-50-26-11-10-25-49(50)56-51-27-12-13-28-55(51)63-59(56)62-57/h1-35H. The first-order chi connectivity index (χ1) is 31.2. The van der Waals surface area contributed by atoms with E-state index in [0.29, 0.717) is 11.5 Å². The van der Waals surface area contributed by atoms with Gasteiger partial charge in [0.05, 0.1) is 22.5 Å². The third-order valence-corrected chi connectivity index (χ3v) is 12.7. The van der Waals surface area contributed by atoms with Gasteiger partial charge in [-0.15, -0.1) is 0 Å².